The average molecular weight is 321 g/mol. The third-order valence-corrected chi connectivity index (χ3v) is 3.43. The van der Waals surface area contributed by atoms with E-state index in [1.807, 2.05) is 37.3 Å². The molecule has 0 aliphatic heterocycles. The highest BCUT2D eigenvalue weighted by molar-refractivity contribution is 5.93. The van der Waals surface area contributed by atoms with Crippen LogP contribution in [0.4, 0.5) is 0 Å². The van der Waals surface area contributed by atoms with E-state index < -0.39 is 0 Å². The van der Waals surface area contributed by atoms with Gasteiger partial charge in [-0.15, -0.1) is 0 Å². The van der Waals surface area contributed by atoms with Crippen molar-refractivity contribution in [3.05, 3.63) is 72.1 Å². The van der Waals surface area contributed by atoms with Crippen LogP contribution < -0.4 is 4.74 Å². The maximum atomic E-state index is 12.6. The number of nitrogens with zero attached hydrogens (tertiary/aromatic N) is 3. The van der Waals surface area contributed by atoms with Crippen molar-refractivity contribution in [2.45, 2.75) is 13.5 Å². The van der Waals surface area contributed by atoms with Crippen LogP contribution in [0.25, 0.3) is 0 Å². The van der Waals surface area contributed by atoms with Gasteiger partial charge in [-0.2, -0.15) is 5.26 Å². The van der Waals surface area contributed by atoms with Crippen molar-refractivity contribution in [3.63, 3.8) is 0 Å². The molecule has 122 valence electrons. The van der Waals surface area contributed by atoms with E-state index in [1.165, 1.54) is 6.20 Å². The minimum Gasteiger partial charge on any atom is -0.490 e. The Hall–Kier alpha value is -3.13. The first kappa shape index (κ1) is 17.2. The van der Waals surface area contributed by atoms with Gasteiger partial charge in [0.05, 0.1) is 5.56 Å². The van der Waals surface area contributed by atoms with E-state index in [2.05, 4.69) is 11.6 Å². The minimum absolute atomic E-state index is 0.119. The molecule has 0 spiro atoms. The quantitative estimate of drug-likeness (QED) is 0.735. The normalized spacial score (nSPS) is 9.83. The Morgan fingerprint density at radius 1 is 1.42 bits per heavy atom. The lowest BCUT2D eigenvalue weighted by molar-refractivity contribution is 0.0752. The molecular weight excluding hydrogens is 302 g/mol. The van der Waals surface area contributed by atoms with Crippen molar-refractivity contribution < 1.29 is 9.53 Å². The number of benzene rings is 1. The topological polar surface area (TPSA) is 66.2 Å². The number of pyridine rings is 1. The lowest BCUT2D eigenvalue weighted by atomic mass is 10.1. The van der Waals surface area contributed by atoms with Crippen molar-refractivity contribution in [3.8, 4) is 11.8 Å². The van der Waals surface area contributed by atoms with E-state index in [0.717, 1.165) is 11.3 Å². The largest absolute Gasteiger partial charge is 0.490 e. The molecule has 2 aromatic rings. The zero-order valence-electron chi connectivity index (χ0n) is 13.6. The van der Waals surface area contributed by atoms with Crippen molar-refractivity contribution in [1.82, 2.24) is 9.88 Å². The third kappa shape index (κ3) is 4.43. The Balaban J connectivity index is 2.11. The molecule has 0 N–H and O–H groups in total. The molecule has 1 aromatic carbocycles. The molecule has 0 fully saturated rings. The van der Waals surface area contributed by atoms with Crippen molar-refractivity contribution >= 4 is 5.91 Å². The predicted molar refractivity (Wildman–Crippen MR) is 91.5 cm³/mol. The second kappa shape index (κ2) is 8.49. The lowest BCUT2D eigenvalue weighted by Crippen LogP contribution is -2.30. The molecule has 2 rings (SSSR count). The third-order valence-electron chi connectivity index (χ3n) is 3.43. The van der Waals surface area contributed by atoms with Crippen molar-refractivity contribution in [2.75, 3.05) is 13.2 Å². The molecule has 0 saturated heterocycles. The summed E-state index contributed by atoms with van der Waals surface area (Å²) >= 11 is 0. The summed E-state index contributed by atoms with van der Waals surface area (Å²) in [6.07, 6.45) is 3.12. The maximum absolute atomic E-state index is 12.6. The zero-order valence-corrected chi connectivity index (χ0v) is 13.6. The second-order valence-electron chi connectivity index (χ2n) is 5.11. The molecule has 0 unspecified atom stereocenters. The van der Waals surface area contributed by atoms with E-state index >= 15 is 0 Å². The van der Waals surface area contributed by atoms with Crippen LogP contribution in [0.15, 0.2) is 55.3 Å². The van der Waals surface area contributed by atoms with Gasteiger partial charge >= 0.3 is 0 Å². The summed E-state index contributed by atoms with van der Waals surface area (Å²) in [5.41, 5.74) is 1.74. The van der Waals surface area contributed by atoms with Gasteiger partial charge in [0.15, 0.2) is 0 Å². The van der Waals surface area contributed by atoms with Crippen molar-refractivity contribution in [2.24, 2.45) is 0 Å². The SMILES string of the molecule is C=CCOc1cccc(CN(CC)C(=O)c2ccc(C#N)nc2)c1. The molecule has 0 atom stereocenters. The average Bonchev–Trinajstić information content (AvgIpc) is 2.64. The van der Waals surface area contributed by atoms with Gasteiger partial charge in [0.2, 0.25) is 0 Å². The van der Waals surface area contributed by atoms with E-state index in [9.17, 15) is 4.79 Å². The number of aromatic nitrogens is 1. The Morgan fingerprint density at radius 3 is 2.88 bits per heavy atom. The number of hydrogen-bond acceptors (Lipinski definition) is 4. The van der Waals surface area contributed by atoms with Crippen LogP contribution in [-0.4, -0.2) is 28.9 Å². The Morgan fingerprint density at radius 2 is 2.25 bits per heavy atom. The first-order chi connectivity index (χ1) is 11.7. The molecule has 1 heterocycles. The van der Waals surface area contributed by atoms with E-state index in [-0.39, 0.29) is 5.91 Å². The molecule has 1 amide bonds. The van der Waals surface area contributed by atoms with E-state index in [1.54, 1.807) is 23.1 Å². The van der Waals surface area contributed by atoms with Crippen molar-refractivity contribution in [1.29, 1.82) is 5.26 Å². The van der Waals surface area contributed by atoms with Crippen LogP contribution in [0.5, 0.6) is 5.75 Å². The number of rotatable bonds is 7. The van der Waals surface area contributed by atoms with Gasteiger partial charge in [-0.25, -0.2) is 4.98 Å². The van der Waals surface area contributed by atoms with E-state index in [0.29, 0.717) is 31.0 Å². The minimum atomic E-state index is -0.119. The molecule has 5 heteroatoms. The molecule has 24 heavy (non-hydrogen) atoms. The standard InChI is InChI=1S/C19H19N3O2/c1-3-10-24-18-7-5-6-15(11-18)14-22(4-2)19(23)16-8-9-17(12-20)21-13-16/h3,5-9,11,13H,1,4,10,14H2,2H3. The van der Waals surface area contributed by atoms with Gasteiger partial charge in [0, 0.05) is 19.3 Å². The highest BCUT2D eigenvalue weighted by Gasteiger charge is 2.15. The van der Waals surface area contributed by atoms with Gasteiger partial charge in [0.25, 0.3) is 5.91 Å². The number of amides is 1. The van der Waals surface area contributed by atoms with Gasteiger partial charge in [0.1, 0.15) is 24.1 Å². The highest BCUT2D eigenvalue weighted by Crippen LogP contribution is 2.16. The zero-order chi connectivity index (χ0) is 17.4. The predicted octanol–water partition coefficient (Wildman–Crippen LogP) is 3.18. The number of carbonyl (C=O) groups excluding carboxylic acids is 1. The molecule has 5 nitrogen and oxygen atoms in total. The highest BCUT2D eigenvalue weighted by atomic mass is 16.5. The molecule has 0 bridgehead atoms. The van der Waals surface area contributed by atoms with Gasteiger partial charge in [-0.1, -0.05) is 24.8 Å². The Kier molecular flexibility index (Phi) is 6.09. The number of carbonyl (C=O) groups is 1. The smallest absolute Gasteiger partial charge is 0.255 e. The summed E-state index contributed by atoms with van der Waals surface area (Å²) in [5.74, 6) is 0.628. The number of ether oxygens (including phenoxy) is 1. The monoisotopic (exact) mass is 321 g/mol. The first-order valence-electron chi connectivity index (χ1n) is 7.66. The molecule has 1 aromatic heterocycles. The molecule has 0 radical (unpaired) electrons. The van der Waals surface area contributed by atoms with Crippen LogP contribution in [0, 0.1) is 11.3 Å². The van der Waals surface area contributed by atoms with Crippen LogP contribution in [0.2, 0.25) is 0 Å². The molecular formula is C19H19N3O2. The first-order valence-corrected chi connectivity index (χ1v) is 7.66. The molecule has 0 saturated carbocycles. The lowest BCUT2D eigenvalue weighted by Gasteiger charge is -2.21. The fourth-order valence-electron chi connectivity index (χ4n) is 2.21. The Labute approximate surface area is 141 Å². The van der Waals surface area contributed by atoms with Crippen LogP contribution >= 0.6 is 0 Å². The Bertz CT molecular complexity index is 748. The van der Waals surface area contributed by atoms with Crippen LogP contribution in [0.3, 0.4) is 0 Å². The number of hydrogen-bond donors (Lipinski definition) is 0. The van der Waals surface area contributed by atoms with Gasteiger partial charge in [-0.05, 0) is 36.8 Å². The molecule has 0 aliphatic carbocycles. The second-order valence-corrected chi connectivity index (χ2v) is 5.11. The summed E-state index contributed by atoms with van der Waals surface area (Å²) in [6, 6.07) is 12.7. The summed E-state index contributed by atoms with van der Waals surface area (Å²) in [4.78, 5) is 18.3. The van der Waals surface area contributed by atoms with Crippen LogP contribution in [-0.2, 0) is 6.54 Å². The summed E-state index contributed by atoms with van der Waals surface area (Å²) < 4.78 is 5.52. The summed E-state index contributed by atoms with van der Waals surface area (Å²) in [7, 11) is 0. The van der Waals surface area contributed by atoms with Crippen LogP contribution in [0.1, 0.15) is 28.5 Å². The summed E-state index contributed by atoms with van der Waals surface area (Å²) in [5, 5.41) is 8.78. The van der Waals surface area contributed by atoms with Gasteiger partial charge < -0.3 is 9.64 Å². The fraction of sp³-hybridized carbons (Fsp3) is 0.211. The fourth-order valence-corrected chi connectivity index (χ4v) is 2.21. The molecule has 0 aliphatic rings. The van der Waals surface area contributed by atoms with E-state index in [4.69, 9.17) is 10.00 Å². The summed E-state index contributed by atoms with van der Waals surface area (Å²) in [6.45, 7) is 7.03. The maximum Gasteiger partial charge on any atom is 0.255 e. The number of nitriles is 1. The van der Waals surface area contributed by atoms with Gasteiger partial charge in [-0.3, -0.25) is 4.79 Å².